The Morgan fingerprint density at radius 3 is 2.63 bits per heavy atom. The molecule has 11 heteroatoms. The summed E-state index contributed by atoms with van der Waals surface area (Å²) >= 11 is 0. The maximum absolute atomic E-state index is 13.1. The number of benzene rings is 1. The zero-order valence-corrected chi connectivity index (χ0v) is 16.5. The van der Waals surface area contributed by atoms with Gasteiger partial charge in [0.15, 0.2) is 11.5 Å². The second-order valence-electron chi connectivity index (χ2n) is 6.70. The number of nitrogens with zero attached hydrogens (tertiary/aromatic N) is 3. The Morgan fingerprint density at radius 2 is 2.00 bits per heavy atom. The topological polar surface area (TPSA) is 130 Å². The van der Waals surface area contributed by atoms with Crippen LogP contribution in [-0.2, 0) is 6.54 Å². The third-order valence-electron chi connectivity index (χ3n) is 4.73. The van der Waals surface area contributed by atoms with Crippen LogP contribution in [0.25, 0.3) is 11.0 Å². The lowest BCUT2D eigenvalue weighted by atomic mass is 10.1. The number of hydrogen-bond acceptors (Lipinski definition) is 5. The van der Waals surface area contributed by atoms with Gasteiger partial charge in [-0.15, -0.1) is 0 Å². The van der Waals surface area contributed by atoms with E-state index in [4.69, 9.17) is 5.73 Å². The Morgan fingerprint density at radius 1 is 1.27 bits per heavy atom. The predicted molar refractivity (Wildman–Crippen MR) is 109 cm³/mol. The zero-order valence-electron chi connectivity index (χ0n) is 16.5. The van der Waals surface area contributed by atoms with Crippen molar-refractivity contribution >= 4 is 28.4 Å². The molecule has 0 saturated carbocycles. The number of nitrogen functional groups attached to an aromatic ring is 1. The predicted octanol–water partition coefficient (Wildman–Crippen LogP) is 2.40. The van der Waals surface area contributed by atoms with Crippen molar-refractivity contribution in [1.82, 2.24) is 19.5 Å². The van der Waals surface area contributed by atoms with Gasteiger partial charge in [0.05, 0.1) is 11.0 Å². The fourth-order valence-corrected chi connectivity index (χ4v) is 3.20. The molecule has 1 amide bonds. The lowest BCUT2D eigenvalue weighted by Crippen LogP contribution is -2.41. The van der Waals surface area contributed by atoms with Gasteiger partial charge >= 0.3 is 5.69 Å². The number of amides is 1. The molecule has 0 aliphatic carbocycles. The maximum atomic E-state index is 13.1. The van der Waals surface area contributed by atoms with E-state index in [2.05, 4.69) is 15.0 Å². The number of anilines is 2. The summed E-state index contributed by atoms with van der Waals surface area (Å²) in [7, 11) is 0. The van der Waals surface area contributed by atoms with E-state index in [1.807, 2.05) is 6.92 Å². The molecule has 0 unspecified atom stereocenters. The van der Waals surface area contributed by atoms with E-state index in [-0.39, 0.29) is 34.6 Å². The third kappa shape index (κ3) is 3.82. The summed E-state index contributed by atoms with van der Waals surface area (Å²) in [6, 6.07) is 4.26. The summed E-state index contributed by atoms with van der Waals surface area (Å²) in [5.41, 5.74) is 5.25. The molecule has 3 rings (SSSR count). The summed E-state index contributed by atoms with van der Waals surface area (Å²) in [5.74, 6) is -1.16. The monoisotopic (exact) mass is 420 g/mol. The fraction of sp³-hybridized carbons (Fsp3) is 0.368. The molecule has 0 fully saturated rings. The van der Waals surface area contributed by atoms with Gasteiger partial charge in [0.25, 0.3) is 17.9 Å². The number of fused-ring (bicyclic) bond motifs is 1. The van der Waals surface area contributed by atoms with Crippen LogP contribution >= 0.6 is 0 Å². The number of carbonyl (C=O) groups excluding carboxylic acids is 1. The number of aromatic amines is 2. The number of imidazole rings is 1. The van der Waals surface area contributed by atoms with Gasteiger partial charge in [-0.3, -0.25) is 19.1 Å². The quantitative estimate of drug-likeness (QED) is 0.540. The van der Waals surface area contributed by atoms with E-state index in [1.165, 1.54) is 22.8 Å². The van der Waals surface area contributed by atoms with Crippen molar-refractivity contribution in [3.8, 4) is 0 Å². The van der Waals surface area contributed by atoms with Crippen LogP contribution in [0.2, 0.25) is 0 Å². The highest BCUT2D eigenvalue weighted by Crippen LogP contribution is 2.23. The standard InChI is InChI=1S/C19H22F2N6O3/c1-3-5-8-27-15(22)13(17(28)25-19(27)30)26(4-2)18(29)10-6-7-11-12(9-10)24-16(23-11)14(20)21/h6-7,9,14H,3-5,8,22H2,1-2H3,(H,23,24)(H,25,28,30). The first-order valence-corrected chi connectivity index (χ1v) is 9.50. The van der Waals surface area contributed by atoms with Gasteiger partial charge < -0.3 is 15.6 Å². The van der Waals surface area contributed by atoms with E-state index < -0.39 is 29.4 Å². The minimum absolute atomic E-state index is 0.0986. The Balaban J connectivity index is 2.05. The fourth-order valence-electron chi connectivity index (χ4n) is 3.20. The molecule has 0 atom stereocenters. The number of unbranched alkanes of at least 4 members (excludes halogenated alkanes) is 1. The van der Waals surface area contributed by atoms with Crippen LogP contribution in [0.5, 0.6) is 0 Å². The van der Waals surface area contributed by atoms with Crippen LogP contribution in [0.3, 0.4) is 0 Å². The van der Waals surface area contributed by atoms with Crippen molar-refractivity contribution in [2.75, 3.05) is 17.2 Å². The zero-order chi connectivity index (χ0) is 22.0. The van der Waals surface area contributed by atoms with E-state index in [0.717, 1.165) is 11.3 Å². The van der Waals surface area contributed by atoms with Crippen molar-refractivity contribution in [2.24, 2.45) is 0 Å². The Labute approximate surface area is 169 Å². The highest BCUT2D eigenvalue weighted by Gasteiger charge is 2.24. The maximum Gasteiger partial charge on any atom is 0.330 e. The normalized spacial score (nSPS) is 11.4. The first-order chi connectivity index (χ1) is 14.3. The average molecular weight is 420 g/mol. The highest BCUT2D eigenvalue weighted by molar-refractivity contribution is 6.08. The molecule has 2 aromatic heterocycles. The summed E-state index contributed by atoms with van der Waals surface area (Å²) in [4.78, 5) is 47.3. The number of aromatic nitrogens is 4. The van der Waals surface area contributed by atoms with Crippen LogP contribution in [0.15, 0.2) is 27.8 Å². The summed E-state index contributed by atoms with van der Waals surface area (Å²) in [6.45, 7) is 4.00. The first kappa shape index (κ1) is 21.2. The Bertz CT molecular complexity index is 1200. The molecule has 0 radical (unpaired) electrons. The van der Waals surface area contributed by atoms with E-state index >= 15 is 0 Å². The van der Waals surface area contributed by atoms with Crippen LogP contribution < -0.4 is 21.9 Å². The van der Waals surface area contributed by atoms with Crippen LogP contribution in [0.1, 0.15) is 49.3 Å². The summed E-state index contributed by atoms with van der Waals surface area (Å²) in [5, 5.41) is 0. The third-order valence-corrected chi connectivity index (χ3v) is 4.73. The van der Waals surface area contributed by atoms with Gasteiger partial charge in [-0.25, -0.2) is 18.6 Å². The van der Waals surface area contributed by atoms with Crippen LogP contribution in [0.4, 0.5) is 20.3 Å². The number of H-pyrrole nitrogens is 2. The molecule has 4 N–H and O–H groups in total. The smallest absolute Gasteiger partial charge is 0.330 e. The van der Waals surface area contributed by atoms with Crippen molar-refractivity contribution in [3.05, 3.63) is 50.4 Å². The van der Waals surface area contributed by atoms with Gasteiger partial charge in [0.2, 0.25) is 0 Å². The number of carbonyl (C=O) groups is 1. The molecular formula is C19H22F2N6O3. The lowest BCUT2D eigenvalue weighted by Gasteiger charge is -2.23. The molecule has 0 spiro atoms. The van der Waals surface area contributed by atoms with Crippen molar-refractivity contribution in [3.63, 3.8) is 0 Å². The molecule has 2 heterocycles. The second-order valence-corrected chi connectivity index (χ2v) is 6.70. The molecule has 3 aromatic rings. The number of hydrogen-bond donors (Lipinski definition) is 3. The minimum atomic E-state index is -2.77. The van der Waals surface area contributed by atoms with Gasteiger partial charge in [-0.2, -0.15) is 0 Å². The average Bonchev–Trinajstić information content (AvgIpc) is 3.14. The number of nitrogens with one attached hydrogen (secondary N) is 2. The van der Waals surface area contributed by atoms with Gasteiger partial charge in [-0.1, -0.05) is 13.3 Å². The van der Waals surface area contributed by atoms with Gasteiger partial charge in [-0.05, 0) is 31.5 Å². The number of halogens is 2. The molecule has 0 aliphatic heterocycles. The molecule has 0 saturated heterocycles. The van der Waals surface area contributed by atoms with E-state index in [0.29, 0.717) is 13.0 Å². The van der Waals surface area contributed by atoms with Crippen molar-refractivity contribution in [2.45, 2.75) is 39.7 Å². The van der Waals surface area contributed by atoms with Crippen LogP contribution in [-0.4, -0.2) is 32.0 Å². The molecule has 0 bridgehead atoms. The van der Waals surface area contributed by atoms with Gasteiger partial charge in [0, 0.05) is 18.7 Å². The molecule has 1 aromatic carbocycles. The highest BCUT2D eigenvalue weighted by atomic mass is 19.3. The minimum Gasteiger partial charge on any atom is -0.383 e. The van der Waals surface area contributed by atoms with Crippen molar-refractivity contribution < 1.29 is 13.6 Å². The number of alkyl halides is 2. The second kappa shape index (κ2) is 8.47. The van der Waals surface area contributed by atoms with E-state index in [1.54, 1.807) is 6.92 Å². The summed E-state index contributed by atoms with van der Waals surface area (Å²) in [6.07, 6.45) is -1.30. The Kier molecular flexibility index (Phi) is 5.99. The first-order valence-electron chi connectivity index (χ1n) is 9.50. The van der Waals surface area contributed by atoms with Crippen molar-refractivity contribution in [1.29, 1.82) is 0 Å². The number of nitrogens with two attached hydrogens (primary N) is 1. The lowest BCUT2D eigenvalue weighted by molar-refractivity contribution is 0.0988. The Hall–Kier alpha value is -3.50. The molecule has 30 heavy (non-hydrogen) atoms. The molecular weight excluding hydrogens is 398 g/mol. The molecule has 0 aliphatic rings. The largest absolute Gasteiger partial charge is 0.383 e. The summed E-state index contributed by atoms with van der Waals surface area (Å²) < 4.78 is 27.0. The molecule has 160 valence electrons. The van der Waals surface area contributed by atoms with E-state index in [9.17, 15) is 23.2 Å². The number of rotatable bonds is 7. The molecule has 9 nitrogen and oxygen atoms in total. The SMILES string of the molecule is CCCCn1c(N)c(N(CC)C(=O)c2ccc3nc(C(F)F)[nH]c3c2)c(=O)[nH]c1=O. The van der Waals surface area contributed by atoms with Crippen LogP contribution in [0, 0.1) is 0 Å². The van der Waals surface area contributed by atoms with Gasteiger partial charge in [0.1, 0.15) is 5.82 Å².